The Labute approximate surface area is 144 Å². The lowest BCUT2D eigenvalue weighted by Crippen LogP contribution is -2.25. The van der Waals surface area contributed by atoms with Crippen molar-refractivity contribution in [2.45, 2.75) is 27.7 Å². The van der Waals surface area contributed by atoms with Gasteiger partial charge in [0.1, 0.15) is 6.29 Å². The quantitative estimate of drug-likeness (QED) is 0.343. The molecule has 2 rings (SSSR count). The van der Waals surface area contributed by atoms with Gasteiger partial charge in [0.2, 0.25) is 0 Å². The van der Waals surface area contributed by atoms with Crippen molar-refractivity contribution in [2.24, 2.45) is 11.6 Å². The highest BCUT2D eigenvalue weighted by Gasteiger charge is 2.02. The Morgan fingerprint density at radius 3 is 1.88 bits per heavy atom. The molecule has 2 aromatic carbocycles. The van der Waals surface area contributed by atoms with E-state index in [4.69, 9.17) is 17.3 Å². The van der Waals surface area contributed by atoms with Crippen molar-refractivity contribution in [3.8, 4) is 0 Å². The first-order valence-electron chi connectivity index (χ1n) is 8.02. The van der Waals surface area contributed by atoms with Crippen LogP contribution in [0.15, 0.2) is 54.7 Å². The van der Waals surface area contributed by atoms with Gasteiger partial charge in [0.05, 0.1) is 11.4 Å². The topological polar surface area (TPSA) is 98.4 Å². The molecule has 5 heteroatoms. The van der Waals surface area contributed by atoms with Gasteiger partial charge in [-0.3, -0.25) is 9.80 Å². The third kappa shape index (κ3) is 6.54. The summed E-state index contributed by atoms with van der Waals surface area (Å²) >= 11 is 0. The number of benzene rings is 2. The summed E-state index contributed by atoms with van der Waals surface area (Å²) in [5.74, 6) is 5.92. The van der Waals surface area contributed by atoms with E-state index in [2.05, 4.69) is 0 Å². The zero-order chi connectivity index (χ0) is 18.5. The van der Waals surface area contributed by atoms with Crippen LogP contribution in [0.2, 0.25) is 0 Å². The van der Waals surface area contributed by atoms with Gasteiger partial charge in [0, 0.05) is 17.5 Å². The van der Waals surface area contributed by atoms with Gasteiger partial charge in [-0.2, -0.15) is 0 Å². The summed E-state index contributed by atoms with van der Waals surface area (Å²) in [6.45, 7) is 8.00. The van der Waals surface area contributed by atoms with Crippen LogP contribution in [0.5, 0.6) is 0 Å². The van der Waals surface area contributed by atoms with Crippen molar-refractivity contribution in [3.63, 3.8) is 0 Å². The molecule has 24 heavy (non-hydrogen) atoms. The third-order valence-electron chi connectivity index (χ3n) is 2.85. The minimum absolute atomic E-state index is 0.502. The molecule has 0 fully saturated rings. The summed E-state index contributed by atoms with van der Waals surface area (Å²) in [6, 6.07) is 14.1. The highest BCUT2D eigenvalue weighted by Crippen LogP contribution is 2.16. The second kappa shape index (κ2) is 11.7. The van der Waals surface area contributed by atoms with E-state index in [0.717, 1.165) is 17.5 Å². The van der Waals surface area contributed by atoms with Crippen molar-refractivity contribution in [1.82, 2.24) is 0 Å². The van der Waals surface area contributed by atoms with Crippen LogP contribution in [0, 0.1) is 0 Å². The number of nitrogens with zero attached hydrogens (tertiary/aromatic N) is 1. The predicted octanol–water partition coefficient (Wildman–Crippen LogP) is 3.77. The maximum Gasteiger partial charge on any atom is 0.150 e. The number of carbonyl (C=O) groups is 1. The normalized spacial score (nSPS) is 9.79. The number of hydrogen-bond donors (Lipinski definition) is 3. The fraction of sp³-hybridized carbons (Fsp3) is 0.211. The van der Waals surface area contributed by atoms with Crippen LogP contribution >= 0.6 is 0 Å². The molecule has 0 bridgehead atoms. The van der Waals surface area contributed by atoms with Crippen LogP contribution in [-0.2, 0) is 0 Å². The lowest BCUT2D eigenvalue weighted by molar-refractivity contribution is 0.112. The molecule has 0 aromatic heterocycles. The molecule has 0 radical (unpaired) electrons. The number of nitrogen functional groups attached to an aromatic ring is 1. The zero-order valence-electron chi connectivity index (χ0n) is 14.9. The Kier molecular flexibility index (Phi) is 10.4. The molecule has 0 atom stereocenters. The maximum atomic E-state index is 10.6. The smallest absolute Gasteiger partial charge is 0.150 e. The standard InChI is InChI=1S/C15H16N4O.2C2H6/c16-13-5-7-14(8-6-13)19(18)9-15(17)12-3-1-11(10-20)2-4-12;2*1-2/h1-10H,16-18H2;2*1-2H3/b15-9-;;. The molecule has 130 valence electrons. The highest BCUT2D eigenvalue weighted by atomic mass is 16.1. The molecule has 0 saturated carbocycles. The summed E-state index contributed by atoms with van der Waals surface area (Å²) in [5, 5.41) is 1.42. The molecular weight excluding hydrogens is 300 g/mol. The second-order valence-electron chi connectivity index (χ2n) is 4.32. The van der Waals surface area contributed by atoms with E-state index in [1.54, 1.807) is 54.7 Å². The lowest BCUT2D eigenvalue weighted by atomic mass is 10.1. The summed E-state index contributed by atoms with van der Waals surface area (Å²) in [6.07, 6.45) is 2.40. The van der Waals surface area contributed by atoms with Crippen LogP contribution in [0.3, 0.4) is 0 Å². The van der Waals surface area contributed by atoms with E-state index < -0.39 is 0 Å². The van der Waals surface area contributed by atoms with E-state index in [1.807, 2.05) is 27.7 Å². The molecule has 5 nitrogen and oxygen atoms in total. The Morgan fingerprint density at radius 1 is 0.917 bits per heavy atom. The Morgan fingerprint density at radius 2 is 1.42 bits per heavy atom. The predicted molar refractivity (Wildman–Crippen MR) is 104 cm³/mol. The Hall–Kier alpha value is -2.79. The first-order valence-corrected chi connectivity index (χ1v) is 8.02. The molecule has 6 N–H and O–H groups in total. The summed E-state index contributed by atoms with van der Waals surface area (Å²) < 4.78 is 0. The van der Waals surface area contributed by atoms with Crippen LogP contribution in [0.4, 0.5) is 11.4 Å². The third-order valence-corrected chi connectivity index (χ3v) is 2.85. The largest absolute Gasteiger partial charge is 0.399 e. The van der Waals surface area contributed by atoms with E-state index in [9.17, 15) is 4.79 Å². The average molecular weight is 328 g/mol. The minimum atomic E-state index is 0.502. The molecule has 0 unspecified atom stereocenters. The molecule has 0 aliphatic rings. The molecule has 0 saturated heterocycles. The minimum Gasteiger partial charge on any atom is -0.399 e. The highest BCUT2D eigenvalue weighted by molar-refractivity contribution is 5.76. The van der Waals surface area contributed by atoms with Gasteiger partial charge in [-0.1, -0.05) is 52.0 Å². The monoisotopic (exact) mass is 328 g/mol. The summed E-state index contributed by atoms with van der Waals surface area (Å²) in [7, 11) is 0. The van der Waals surface area contributed by atoms with Gasteiger partial charge in [-0.15, -0.1) is 0 Å². The summed E-state index contributed by atoms with van der Waals surface area (Å²) in [4.78, 5) is 10.6. The van der Waals surface area contributed by atoms with Crippen molar-refractivity contribution in [1.29, 1.82) is 0 Å². The van der Waals surface area contributed by atoms with Gasteiger partial charge in [0.25, 0.3) is 0 Å². The fourth-order valence-corrected chi connectivity index (χ4v) is 1.70. The maximum absolute atomic E-state index is 10.6. The molecule has 0 spiro atoms. The number of aldehydes is 1. The van der Waals surface area contributed by atoms with E-state index >= 15 is 0 Å². The number of nitrogens with two attached hydrogens (primary N) is 3. The molecule has 0 heterocycles. The zero-order valence-corrected chi connectivity index (χ0v) is 14.9. The van der Waals surface area contributed by atoms with E-state index in [1.165, 1.54) is 5.01 Å². The van der Waals surface area contributed by atoms with Crippen molar-refractivity contribution in [2.75, 3.05) is 10.7 Å². The van der Waals surface area contributed by atoms with Crippen LogP contribution in [0.1, 0.15) is 43.6 Å². The number of anilines is 2. The van der Waals surface area contributed by atoms with Crippen molar-refractivity contribution in [3.05, 3.63) is 65.9 Å². The molecule has 0 amide bonds. The van der Waals surface area contributed by atoms with E-state index in [0.29, 0.717) is 16.9 Å². The molecule has 0 aliphatic carbocycles. The second-order valence-corrected chi connectivity index (χ2v) is 4.32. The average Bonchev–Trinajstić information content (AvgIpc) is 2.65. The first-order chi connectivity index (χ1) is 11.6. The van der Waals surface area contributed by atoms with Crippen LogP contribution < -0.4 is 22.3 Å². The van der Waals surface area contributed by atoms with Gasteiger partial charge < -0.3 is 11.5 Å². The van der Waals surface area contributed by atoms with Gasteiger partial charge in [-0.25, -0.2) is 5.84 Å². The SMILES string of the molecule is CC.CC.N/C(=C\N(N)c1ccc(N)cc1)c1ccc(C=O)cc1. The van der Waals surface area contributed by atoms with Gasteiger partial charge >= 0.3 is 0 Å². The molecule has 2 aromatic rings. The number of hydrogen-bond acceptors (Lipinski definition) is 5. The van der Waals surface area contributed by atoms with Crippen LogP contribution in [-0.4, -0.2) is 6.29 Å². The number of rotatable bonds is 4. The van der Waals surface area contributed by atoms with E-state index in [-0.39, 0.29) is 0 Å². The van der Waals surface area contributed by atoms with Gasteiger partial charge in [0.15, 0.2) is 0 Å². The Bertz CT molecular complexity index is 619. The van der Waals surface area contributed by atoms with Crippen LogP contribution in [0.25, 0.3) is 5.70 Å². The fourth-order valence-electron chi connectivity index (χ4n) is 1.70. The summed E-state index contributed by atoms with van der Waals surface area (Å²) in [5.41, 5.74) is 14.9. The van der Waals surface area contributed by atoms with Gasteiger partial charge in [-0.05, 0) is 29.8 Å². The molecular formula is C19H28N4O. The number of hydrazine groups is 1. The lowest BCUT2D eigenvalue weighted by Gasteiger charge is -2.15. The number of carbonyl (C=O) groups excluding carboxylic acids is 1. The molecule has 0 aliphatic heterocycles. The Balaban J connectivity index is 0.00000123. The first kappa shape index (κ1) is 21.2. The van der Waals surface area contributed by atoms with Crippen molar-refractivity contribution >= 4 is 23.4 Å². The van der Waals surface area contributed by atoms with Crippen molar-refractivity contribution < 1.29 is 4.79 Å².